The van der Waals surface area contributed by atoms with Gasteiger partial charge in [0.05, 0.1) is 24.3 Å². The molecule has 0 bridgehead atoms. The Balaban J connectivity index is 2.24. The standard InChI is InChI=1S/C18H20INO4S/c1-12-8-15(24-3)9-13(2)17(12)25(22,23)20-16-7-5-4-6-14(16)10-18(20,19)11-21/h4-9,21H,10-11H2,1-3H3. The number of ether oxygens (including phenoxy) is 1. The van der Waals surface area contributed by atoms with Crippen molar-refractivity contribution >= 4 is 38.3 Å². The van der Waals surface area contributed by atoms with Gasteiger partial charge in [-0.2, -0.15) is 0 Å². The van der Waals surface area contributed by atoms with Crippen molar-refractivity contribution in [3.8, 4) is 5.75 Å². The van der Waals surface area contributed by atoms with Gasteiger partial charge in [0.15, 0.2) is 0 Å². The fraction of sp³-hybridized carbons (Fsp3) is 0.333. The van der Waals surface area contributed by atoms with Crippen LogP contribution in [0.2, 0.25) is 0 Å². The maximum Gasteiger partial charge on any atom is 0.266 e. The first-order valence-corrected chi connectivity index (χ1v) is 10.3. The van der Waals surface area contributed by atoms with Crippen molar-refractivity contribution < 1.29 is 18.3 Å². The fourth-order valence-electron chi connectivity index (χ4n) is 3.43. The zero-order chi connectivity index (χ0) is 18.4. The van der Waals surface area contributed by atoms with Crippen molar-refractivity contribution in [1.29, 1.82) is 0 Å². The lowest BCUT2D eigenvalue weighted by atomic mass is 10.1. The molecular weight excluding hydrogens is 453 g/mol. The van der Waals surface area contributed by atoms with Crippen LogP contribution in [0, 0.1) is 13.8 Å². The molecule has 1 N–H and O–H groups in total. The zero-order valence-corrected chi connectivity index (χ0v) is 17.3. The Morgan fingerprint density at radius 1 is 1.24 bits per heavy atom. The number of hydrogen-bond donors (Lipinski definition) is 1. The molecule has 5 nitrogen and oxygen atoms in total. The van der Waals surface area contributed by atoms with Crippen molar-refractivity contribution in [3.63, 3.8) is 0 Å². The molecule has 1 aliphatic rings. The third-order valence-electron chi connectivity index (χ3n) is 4.45. The molecule has 3 rings (SSSR count). The van der Waals surface area contributed by atoms with Crippen LogP contribution in [0.25, 0.3) is 0 Å². The molecule has 2 aromatic rings. The molecule has 1 unspecified atom stereocenters. The Morgan fingerprint density at radius 3 is 2.40 bits per heavy atom. The molecule has 1 aliphatic heterocycles. The van der Waals surface area contributed by atoms with Gasteiger partial charge < -0.3 is 9.84 Å². The molecular formula is C18H20INO4S. The van der Waals surface area contributed by atoms with Crippen LogP contribution in [0.3, 0.4) is 0 Å². The predicted molar refractivity (Wildman–Crippen MR) is 106 cm³/mol. The second-order valence-electron chi connectivity index (χ2n) is 6.24. The topological polar surface area (TPSA) is 66.8 Å². The first kappa shape index (κ1) is 18.5. The van der Waals surface area contributed by atoms with Crippen molar-refractivity contribution in [3.05, 3.63) is 53.1 Å². The molecule has 0 aliphatic carbocycles. The summed E-state index contributed by atoms with van der Waals surface area (Å²) in [7, 11) is -2.29. The number of aliphatic hydroxyl groups is 1. The van der Waals surface area contributed by atoms with Gasteiger partial charge in [-0.05, 0) is 48.7 Å². The van der Waals surface area contributed by atoms with Gasteiger partial charge in [0.25, 0.3) is 10.0 Å². The Labute approximate surface area is 161 Å². The molecule has 1 atom stereocenters. The summed E-state index contributed by atoms with van der Waals surface area (Å²) in [6.45, 7) is 3.26. The number of sulfonamides is 1. The van der Waals surface area contributed by atoms with Crippen molar-refractivity contribution in [2.45, 2.75) is 28.7 Å². The molecule has 0 radical (unpaired) electrons. The normalized spacial score (nSPS) is 19.8. The molecule has 2 aromatic carbocycles. The summed E-state index contributed by atoms with van der Waals surface area (Å²) >= 11 is 2.05. The van der Waals surface area contributed by atoms with Gasteiger partial charge in [-0.1, -0.05) is 40.8 Å². The molecule has 0 fully saturated rings. The lowest BCUT2D eigenvalue weighted by Crippen LogP contribution is -2.48. The van der Waals surface area contributed by atoms with E-state index in [-0.39, 0.29) is 11.5 Å². The minimum Gasteiger partial charge on any atom is -0.497 e. The van der Waals surface area contributed by atoms with E-state index in [0.29, 0.717) is 29.0 Å². The van der Waals surface area contributed by atoms with Crippen LogP contribution in [0.4, 0.5) is 5.69 Å². The molecule has 0 saturated carbocycles. The first-order valence-electron chi connectivity index (χ1n) is 7.83. The summed E-state index contributed by atoms with van der Waals surface area (Å²) in [4.78, 5) is 0.263. The summed E-state index contributed by atoms with van der Waals surface area (Å²) in [6.07, 6.45) is 0.466. The highest BCUT2D eigenvalue weighted by Gasteiger charge is 2.48. The van der Waals surface area contributed by atoms with E-state index in [9.17, 15) is 13.5 Å². The number of para-hydroxylation sites is 1. The monoisotopic (exact) mass is 473 g/mol. The van der Waals surface area contributed by atoms with Crippen LogP contribution in [-0.4, -0.2) is 30.8 Å². The number of hydrogen-bond acceptors (Lipinski definition) is 4. The van der Waals surface area contributed by atoms with Crippen LogP contribution in [-0.2, 0) is 16.4 Å². The molecule has 0 saturated heterocycles. The minimum atomic E-state index is -3.85. The van der Waals surface area contributed by atoms with Crippen LogP contribution < -0.4 is 9.04 Å². The Morgan fingerprint density at radius 2 is 1.84 bits per heavy atom. The van der Waals surface area contributed by atoms with Crippen molar-refractivity contribution in [2.24, 2.45) is 0 Å². The minimum absolute atomic E-state index is 0.263. The van der Waals surface area contributed by atoms with Crippen molar-refractivity contribution in [2.75, 3.05) is 18.0 Å². The molecule has 134 valence electrons. The molecule has 0 aromatic heterocycles. The van der Waals surface area contributed by atoms with E-state index in [4.69, 9.17) is 4.74 Å². The summed E-state index contributed by atoms with van der Waals surface area (Å²) in [5.74, 6) is 0.624. The van der Waals surface area contributed by atoms with Crippen LogP contribution in [0.5, 0.6) is 5.75 Å². The number of nitrogens with zero attached hydrogens (tertiary/aromatic N) is 1. The van der Waals surface area contributed by atoms with Gasteiger partial charge in [-0.25, -0.2) is 12.7 Å². The van der Waals surface area contributed by atoms with Gasteiger partial charge >= 0.3 is 0 Å². The first-order chi connectivity index (χ1) is 11.7. The smallest absolute Gasteiger partial charge is 0.266 e. The van der Waals surface area contributed by atoms with E-state index >= 15 is 0 Å². The van der Waals surface area contributed by atoms with E-state index in [1.165, 1.54) is 4.31 Å². The molecule has 7 heteroatoms. The van der Waals surface area contributed by atoms with Gasteiger partial charge in [0.2, 0.25) is 0 Å². The number of aryl methyl sites for hydroxylation is 2. The molecule has 0 spiro atoms. The fourth-order valence-corrected chi connectivity index (χ4v) is 6.98. The van der Waals surface area contributed by atoms with Crippen LogP contribution >= 0.6 is 22.6 Å². The SMILES string of the molecule is COc1cc(C)c(S(=O)(=O)N2c3ccccc3CC2(I)CO)c(C)c1. The summed E-state index contributed by atoms with van der Waals surface area (Å²) in [5, 5.41) is 9.97. The Hall–Kier alpha value is -1.32. The number of fused-ring (bicyclic) bond motifs is 1. The quantitative estimate of drug-likeness (QED) is 0.421. The second-order valence-corrected chi connectivity index (χ2v) is 9.97. The second kappa shape index (κ2) is 6.44. The number of methoxy groups -OCH3 is 1. The third-order valence-corrected chi connectivity index (χ3v) is 8.16. The zero-order valence-electron chi connectivity index (χ0n) is 14.3. The lowest BCUT2D eigenvalue weighted by Gasteiger charge is -2.34. The van der Waals surface area contributed by atoms with Crippen LogP contribution in [0.1, 0.15) is 16.7 Å². The third kappa shape index (κ3) is 2.92. The number of halogens is 1. The van der Waals surface area contributed by atoms with Gasteiger partial charge in [0.1, 0.15) is 9.30 Å². The highest BCUT2D eigenvalue weighted by molar-refractivity contribution is 14.1. The van der Waals surface area contributed by atoms with E-state index < -0.39 is 13.6 Å². The molecule has 25 heavy (non-hydrogen) atoms. The maximum absolute atomic E-state index is 13.6. The van der Waals surface area contributed by atoms with Crippen LogP contribution in [0.15, 0.2) is 41.3 Å². The average Bonchev–Trinajstić information content (AvgIpc) is 2.87. The lowest BCUT2D eigenvalue weighted by molar-refractivity contribution is 0.263. The van der Waals surface area contributed by atoms with E-state index in [1.807, 2.05) is 40.8 Å². The Bertz CT molecular complexity index is 905. The van der Waals surface area contributed by atoms with E-state index in [1.54, 1.807) is 39.2 Å². The molecule has 1 heterocycles. The average molecular weight is 473 g/mol. The molecule has 0 amide bonds. The van der Waals surface area contributed by atoms with Gasteiger partial charge in [-0.3, -0.25) is 0 Å². The van der Waals surface area contributed by atoms with E-state index in [0.717, 1.165) is 5.56 Å². The van der Waals surface area contributed by atoms with Gasteiger partial charge in [0, 0.05) is 6.42 Å². The highest BCUT2D eigenvalue weighted by atomic mass is 127. The number of alkyl halides is 1. The Kier molecular flexibility index (Phi) is 4.76. The number of rotatable bonds is 4. The van der Waals surface area contributed by atoms with Gasteiger partial charge in [-0.15, -0.1) is 0 Å². The number of anilines is 1. The number of aliphatic hydroxyl groups excluding tert-OH is 1. The summed E-state index contributed by atoms with van der Waals surface area (Å²) in [5.41, 5.74) is 2.79. The van der Waals surface area contributed by atoms with Crippen molar-refractivity contribution in [1.82, 2.24) is 0 Å². The van der Waals surface area contributed by atoms with E-state index in [2.05, 4.69) is 0 Å². The predicted octanol–water partition coefficient (Wildman–Crippen LogP) is 3.19. The summed E-state index contributed by atoms with van der Waals surface area (Å²) in [6, 6.07) is 10.8. The maximum atomic E-state index is 13.6. The number of benzene rings is 2. The summed E-state index contributed by atoms with van der Waals surface area (Å²) < 4.78 is 32.8. The largest absolute Gasteiger partial charge is 0.497 e. The highest BCUT2D eigenvalue weighted by Crippen LogP contribution is 2.47.